The van der Waals surface area contributed by atoms with Crippen molar-refractivity contribution in [3.05, 3.63) is 82.4 Å². The molecule has 4 aliphatic carbocycles. The lowest BCUT2D eigenvalue weighted by atomic mass is 9.84. The number of fused-ring (bicyclic) bond motifs is 4. The lowest BCUT2D eigenvalue weighted by Gasteiger charge is -2.21. The molecule has 274 valence electrons. The van der Waals surface area contributed by atoms with Crippen molar-refractivity contribution in [3.8, 4) is 0 Å². The Morgan fingerprint density at radius 3 is 1.96 bits per heavy atom. The molecule has 5 aliphatic rings. The summed E-state index contributed by atoms with van der Waals surface area (Å²) in [5, 5.41) is 12.3. The number of carbonyl (C=O) groups is 2. The van der Waals surface area contributed by atoms with Gasteiger partial charge in [-0.05, 0) is 55.6 Å². The van der Waals surface area contributed by atoms with Crippen molar-refractivity contribution in [2.45, 2.75) is 77.8 Å². The molecule has 1 saturated heterocycles. The minimum absolute atomic E-state index is 0.0765. The first-order valence-corrected chi connectivity index (χ1v) is 19.1. The van der Waals surface area contributed by atoms with E-state index in [1.165, 1.54) is 25.5 Å². The van der Waals surface area contributed by atoms with Crippen molar-refractivity contribution >= 4 is 68.4 Å². The molecule has 1 aliphatic heterocycles. The first-order chi connectivity index (χ1) is 25.2. The zero-order chi connectivity index (χ0) is 36.6. The normalized spacial score (nSPS) is 24.3. The van der Waals surface area contributed by atoms with Crippen LogP contribution in [0.15, 0.2) is 71.6 Å². The first-order valence-electron chi connectivity index (χ1n) is 18.0. The molecule has 9 rings (SSSR count). The fourth-order valence-corrected chi connectivity index (χ4v) is 7.78. The number of allylic oxidation sites excluding steroid dienone is 8. The highest BCUT2D eigenvalue weighted by Crippen LogP contribution is 2.46. The van der Waals surface area contributed by atoms with Crippen LogP contribution < -0.4 is 0 Å². The van der Waals surface area contributed by atoms with Gasteiger partial charge in [0.05, 0.1) is 22.4 Å². The first kappa shape index (κ1) is 38.0. The van der Waals surface area contributed by atoms with E-state index >= 15 is 0 Å². The smallest absolute Gasteiger partial charge is 0.185 e. The number of ketones is 2. The van der Waals surface area contributed by atoms with Gasteiger partial charge in [0.25, 0.3) is 0 Å². The van der Waals surface area contributed by atoms with Gasteiger partial charge in [0.2, 0.25) is 0 Å². The van der Waals surface area contributed by atoms with E-state index < -0.39 is 0 Å². The Morgan fingerprint density at radius 2 is 1.33 bits per heavy atom. The number of aromatic nitrogens is 8. The summed E-state index contributed by atoms with van der Waals surface area (Å²) in [5.74, 6) is 1.44. The topological polar surface area (TPSA) is 131 Å². The second kappa shape index (κ2) is 17.8. The molecule has 0 bridgehead atoms. The van der Waals surface area contributed by atoms with Gasteiger partial charge in [0.1, 0.15) is 29.4 Å². The number of carbonyl (C=O) groups excluding carboxylic acids is 2. The highest BCUT2D eigenvalue weighted by Gasteiger charge is 2.43. The molecule has 5 unspecified atom stereocenters. The van der Waals surface area contributed by atoms with Crippen LogP contribution in [0.2, 0.25) is 5.15 Å². The number of rotatable bonds is 5. The van der Waals surface area contributed by atoms with Gasteiger partial charge in [-0.2, -0.15) is 10.2 Å². The summed E-state index contributed by atoms with van der Waals surface area (Å²) in [6.45, 7) is 7.91. The van der Waals surface area contributed by atoms with Gasteiger partial charge in [0.15, 0.2) is 11.3 Å². The molecule has 0 aromatic carbocycles. The molecule has 4 aromatic heterocycles. The van der Waals surface area contributed by atoms with Crippen LogP contribution in [0.1, 0.15) is 70.4 Å². The van der Waals surface area contributed by atoms with Crippen molar-refractivity contribution in [2.75, 3.05) is 13.2 Å². The average molecular weight is 766 g/mol. The van der Waals surface area contributed by atoms with Crippen LogP contribution in [0.4, 0.5) is 0 Å². The lowest BCUT2D eigenvalue weighted by Crippen LogP contribution is -2.16. The molecule has 5 atom stereocenters. The molecular formula is C38H43Cl3N8O3. The predicted molar refractivity (Wildman–Crippen MR) is 203 cm³/mol. The van der Waals surface area contributed by atoms with Gasteiger partial charge >= 0.3 is 0 Å². The Hall–Kier alpha value is -3.77. The molecular weight excluding hydrogens is 723 g/mol. The number of halogens is 3. The molecule has 0 N–H and O–H groups in total. The Labute approximate surface area is 318 Å². The number of hydrogen-bond acceptors (Lipinski definition) is 9. The van der Waals surface area contributed by atoms with Crippen molar-refractivity contribution in [1.82, 2.24) is 39.5 Å². The van der Waals surface area contributed by atoms with E-state index in [2.05, 4.69) is 50.1 Å². The van der Waals surface area contributed by atoms with Crippen LogP contribution in [0.3, 0.4) is 0 Å². The molecule has 52 heavy (non-hydrogen) atoms. The standard InChI is InChI=1S/C17H17ClN4O.C9H9ClO.C8H9ClN4.C4H8O/c1-2-5-22-8-13-16(19-9-20-17(13)21-22)15-12-7-11(18)4-3-10(12)6-14(15)23;10-8-2-1-6-4-9(11)5-7(6)3-8;1-2-3-13-4-6-7(9)10-5-11-8(6)12-13;1-2-4-5-3-1/h3-4,7-10,12,15H,2,5-6H2,1H3;1-3,6-7H,4-5H2;4-5H,2-3H2,1H3;1-4H2. The Balaban J connectivity index is 0.000000135. The van der Waals surface area contributed by atoms with Gasteiger partial charge in [0, 0.05) is 73.9 Å². The molecule has 2 saturated carbocycles. The summed E-state index contributed by atoms with van der Waals surface area (Å²) < 4.78 is 8.66. The minimum atomic E-state index is -0.261. The molecule has 0 radical (unpaired) electrons. The monoisotopic (exact) mass is 764 g/mol. The van der Waals surface area contributed by atoms with Crippen LogP contribution in [-0.2, 0) is 27.4 Å². The van der Waals surface area contributed by atoms with E-state index in [4.69, 9.17) is 39.5 Å². The fraction of sp³-hybridized carbons (Fsp3) is 0.474. The van der Waals surface area contributed by atoms with Gasteiger partial charge in [-0.3, -0.25) is 19.0 Å². The third-order valence-electron chi connectivity index (χ3n) is 9.61. The maximum absolute atomic E-state index is 12.6. The molecule has 14 heteroatoms. The van der Waals surface area contributed by atoms with E-state index in [9.17, 15) is 9.59 Å². The van der Waals surface area contributed by atoms with Crippen LogP contribution in [0, 0.1) is 23.7 Å². The molecule has 0 amide bonds. The summed E-state index contributed by atoms with van der Waals surface area (Å²) in [4.78, 5) is 40.2. The summed E-state index contributed by atoms with van der Waals surface area (Å²) >= 11 is 17.8. The van der Waals surface area contributed by atoms with E-state index in [0.29, 0.717) is 58.4 Å². The predicted octanol–water partition coefficient (Wildman–Crippen LogP) is 8.18. The second-order valence-corrected chi connectivity index (χ2v) is 14.7. The average Bonchev–Trinajstić information content (AvgIpc) is 3.96. The summed E-state index contributed by atoms with van der Waals surface area (Å²) in [5.41, 5.74) is 2.10. The number of ether oxygens (including phenoxy) is 1. The maximum Gasteiger partial charge on any atom is 0.185 e. The SMILES string of the molecule is C1CCOC1.CCCn1cc2c(C3C(=O)CC4C=CC(Cl)=CC43)ncnc2n1.CCCn1cc2c(Cl)ncnc2n1.O=C1CC2C=CC(Cl)=CC2C1. The summed E-state index contributed by atoms with van der Waals surface area (Å²) in [6.07, 6.45) is 25.2. The number of Topliss-reactive ketones (excluding diaryl/α,β-unsaturated/α-hetero) is 2. The number of nitrogens with zero attached hydrogens (tertiary/aromatic N) is 8. The van der Waals surface area contributed by atoms with E-state index in [0.717, 1.165) is 60.6 Å². The number of aryl methyl sites for hydroxylation is 2. The van der Waals surface area contributed by atoms with Crippen molar-refractivity contribution in [1.29, 1.82) is 0 Å². The number of hydrogen-bond donors (Lipinski definition) is 0. The fourth-order valence-electron chi connectivity index (χ4n) is 7.15. The van der Waals surface area contributed by atoms with Crippen molar-refractivity contribution < 1.29 is 14.3 Å². The molecule has 4 aromatic rings. The van der Waals surface area contributed by atoms with E-state index in [-0.39, 0.29) is 23.5 Å². The van der Waals surface area contributed by atoms with Gasteiger partial charge in [-0.15, -0.1) is 0 Å². The minimum Gasteiger partial charge on any atom is -0.381 e. The van der Waals surface area contributed by atoms with E-state index in [1.807, 2.05) is 52.1 Å². The maximum atomic E-state index is 12.6. The highest BCUT2D eigenvalue weighted by molar-refractivity contribution is 6.33. The zero-order valence-electron chi connectivity index (χ0n) is 29.4. The van der Waals surface area contributed by atoms with Crippen LogP contribution >= 0.6 is 34.8 Å². The molecule has 0 spiro atoms. The highest BCUT2D eigenvalue weighted by atomic mass is 35.5. The summed E-state index contributed by atoms with van der Waals surface area (Å²) in [7, 11) is 0. The van der Waals surface area contributed by atoms with Crippen molar-refractivity contribution in [2.24, 2.45) is 23.7 Å². The molecule has 5 heterocycles. The van der Waals surface area contributed by atoms with Crippen molar-refractivity contribution in [3.63, 3.8) is 0 Å². The summed E-state index contributed by atoms with van der Waals surface area (Å²) in [6, 6.07) is 0. The Kier molecular flexibility index (Phi) is 13.0. The van der Waals surface area contributed by atoms with Crippen LogP contribution in [0.25, 0.3) is 22.1 Å². The largest absolute Gasteiger partial charge is 0.381 e. The van der Waals surface area contributed by atoms with Gasteiger partial charge in [-0.25, -0.2) is 19.9 Å². The van der Waals surface area contributed by atoms with Gasteiger partial charge < -0.3 is 4.74 Å². The Morgan fingerprint density at radius 1 is 0.731 bits per heavy atom. The lowest BCUT2D eigenvalue weighted by molar-refractivity contribution is -0.119. The molecule has 11 nitrogen and oxygen atoms in total. The molecule has 3 fully saturated rings. The van der Waals surface area contributed by atoms with Crippen LogP contribution in [0.5, 0.6) is 0 Å². The van der Waals surface area contributed by atoms with E-state index in [1.54, 1.807) is 0 Å². The third-order valence-corrected chi connectivity index (χ3v) is 10.4. The van der Waals surface area contributed by atoms with Crippen LogP contribution in [-0.4, -0.2) is 64.3 Å². The second-order valence-electron chi connectivity index (χ2n) is 13.5. The van der Waals surface area contributed by atoms with Gasteiger partial charge in [-0.1, -0.05) is 73.0 Å². The quantitative estimate of drug-likeness (QED) is 0.185. The zero-order valence-corrected chi connectivity index (χ0v) is 31.6. The third kappa shape index (κ3) is 9.23. The Bertz CT molecular complexity index is 2010.